The molecular formula is C13H12F2N2O3. The molecule has 1 aromatic carbocycles. The number of carbonyl (C=O) groups is 1. The summed E-state index contributed by atoms with van der Waals surface area (Å²) in [7, 11) is 0. The number of nitrogens with zero attached hydrogens (tertiary/aromatic N) is 2. The Hall–Kier alpha value is -2.31. The fraction of sp³-hybridized carbons (Fsp3) is 0.308. The lowest BCUT2D eigenvalue weighted by molar-refractivity contribution is -0.387. The van der Waals surface area contributed by atoms with Crippen molar-refractivity contribution in [2.24, 2.45) is 0 Å². The molecule has 0 bridgehead atoms. The van der Waals surface area contributed by atoms with E-state index in [9.17, 15) is 23.7 Å². The molecule has 0 radical (unpaired) electrons. The van der Waals surface area contributed by atoms with Crippen molar-refractivity contribution in [3.05, 3.63) is 52.1 Å². The number of amides is 1. The van der Waals surface area contributed by atoms with Gasteiger partial charge in [0.05, 0.1) is 4.92 Å². The van der Waals surface area contributed by atoms with Crippen LogP contribution in [0.15, 0.2) is 24.8 Å². The van der Waals surface area contributed by atoms with Gasteiger partial charge in [0, 0.05) is 18.7 Å². The van der Waals surface area contributed by atoms with Crippen molar-refractivity contribution in [3.8, 4) is 0 Å². The Morgan fingerprint density at radius 2 is 2.15 bits per heavy atom. The predicted octanol–water partition coefficient (Wildman–Crippen LogP) is 2.66. The van der Waals surface area contributed by atoms with Gasteiger partial charge < -0.3 is 4.90 Å². The van der Waals surface area contributed by atoms with Gasteiger partial charge in [-0.3, -0.25) is 14.9 Å². The number of hydrogen-bond donors (Lipinski definition) is 0. The summed E-state index contributed by atoms with van der Waals surface area (Å²) >= 11 is 0. The van der Waals surface area contributed by atoms with Gasteiger partial charge in [-0.1, -0.05) is 6.08 Å². The van der Waals surface area contributed by atoms with Gasteiger partial charge in [-0.05, 0) is 18.9 Å². The van der Waals surface area contributed by atoms with E-state index < -0.39 is 33.7 Å². The predicted molar refractivity (Wildman–Crippen MR) is 67.3 cm³/mol. The van der Waals surface area contributed by atoms with Crippen LogP contribution in [0.5, 0.6) is 0 Å². The summed E-state index contributed by atoms with van der Waals surface area (Å²) in [5, 5.41) is 10.7. The Labute approximate surface area is 113 Å². The molecule has 0 aromatic heterocycles. The van der Waals surface area contributed by atoms with E-state index in [1.165, 1.54) is 11.0 Å². The first-order valence-electron chi connectivity index (χ1n) is 6.01. The molecule has 0 saturated heterocycles. The highest BCUT2D eigenvalue weighted by Crippen LogP contribution is 2.31. The summed E-state index contributed by atoms with van der Waals surface area (Å²) < 4.78 is 27.7. The van der Waals surface area contributed by atoms with Crippen LogP contribution in [-0.4, -0.2) is 28.3 Å². The monoisotopic (exact) mass is 282 g/mol. The SMILES string of the molecule is C=CCN(C(=O)c1c(F)ccc([N+](=O)[O-])c1F)C1CC1. The zero-order valence-corrected chi connectivity index (χ0v) is 10.5. The third kappa shape index (κ3) is 2.52. The lowest BCUT2D eigenvalue weighted by atomic mass is 10.1. The van der Waals surface area contributed by atoms with Gasteiger partial charge in [0.25, 0.3) is 5.91 Å². The van der Waals surface area contributed by atoms with E-state index in [1.54, 1.807) is 0 Å². The maximum Gasteiger partial charge on any atom is 0.305 e. The second kappa shape index (κ2) is 5.36. The van der Waals surface area contributed by atoms with Crippen molar-refractivity contribution < 1.29 is 18.5 Å². The van der Waals surface area contributed by atoms with Crippen LogP contribution >= 0.6 is 0 Å². The van der Waals surface area contributed by atoms with Crippen molar-refractivity contribution in [1.29, 1.82) is 0 Å². The van der Waals surface area contributed by atoms with Gasteiger partial charge in [0.2, 0.25) is 5.82 Å². The van der Waals surface area contributed by atoms with Crippen LogP contribution < -0.4 is 0 Å². The number of nitro benzene ring substituents is 1. The topological polar surface area (TPSA) is 63.5 Å². The second-order valence-corrected chi connectivity index (χ2v) is 4.49. The van der Waals surface area contributed by atoms with E-state index in [-0.39, 0.29) is 12.6 Å². The van der Waals surface area contributed by atoms with Crippen LogP contribution in [0.1, 0.15) is 23.2 Å². The normalized spacial score (nSPS) is 13.9. The van der Waals surface area contributed by atoms with E-state index in [4.69, 9.17) is 0 Å². The van der Waals surface area contributed by atoms with Gasteiger partial charge in [-0.25, -0.2) is 4.39 Å². The highest BCUT2D eigenvalue weighted by Gasteiger charge is 2.36. The molecule has 1 amide bonds. The van der Waals surface area contributed by atoms with E-state index in [2.05, 4.69) is 6.58 Å². The molecule has 0 spiro atoms. The zero-order valence-electron chi connectivity index (χ0n) is 10.5. The quantitative estimate of drug-likeness (QED) is 0.474. The van der Waals surface area contributed by atoms with Gasteiger partial charge >= 0.3 is 5.69 Å². The molecule has 20 heavy (non-hydrogen) atoms. The third-order valence-electron chi connectivity index (χ3n) is 3.06. The molecule has 0 aliphatic heterocycles. The minimum atomic E-state index is -1.44. The number of nitro groups is 1. The van der Waals surface area contributed by atoms with Gasteiger partial charge in [-0.2, -0.15) is 4.39 Å². The average molecular weight is 282 g/mol. The minimum absolute atomic E-state index is 0.0847. The molecule has 2 rings (SSSR count). The lowest BCUT2D eigenvalue weighted by Gasteiger charge is -2.21. The van der Waals surface area contributed by atoms with Crippen LogP contribution in [0.25, 0.3) is 0 Å². The molecule has 106 valence electrons. The van der Waals surface area contributed by atoms with E-state index >= 15 is 0 Å². The average Bonchev–Trinajstić information content (AvgIpc) is 3.19. The van der Waals surface area contributed by atoms with Crippen LogP contribution in [0.4, 0.5) is 14.5 Å². The molecular weight excluding hydrogens is 270 g/mol. The molecule has 1 aromatic rings. The summed E-state index contributed by atoms with van der Waals surface area (Å²) in [6.07, 6.45) is 2.94. The van der Waals surface area contributed by atoms with E-state index in [1.807, 2.05) is 0 Å². The summed E-state index contributed by atoms with van der Waals surface area (Å²) in [6, 6.07) is 1.35. The Kier molecular flexibility index (Phi) is 3.78. The summed E-state index contributed by atoms with van der Waals surface area (Å²) in [4.78, 5) is 23.2. The molecule has 1 fully saturated rings. The first-order valence-corrected chi connectivity index (χ1v) is 6.01. The first-order chi connectivity index (χ1) is 9.47. The summed E-state index contributed by atoms with van der Waals surface area (Å²) in [5.74, 6) is -3.42. The molecule has 1 aliphatic rings. The van der Waals surface area contributed by atoms with Crippen LogP contribution in [0.2, 0.25) is 0 Å². The molecule has 5 nitrogen and oxygen atoms in total. The highest BCUT2D eigenvalue weighted by molar-refractivity contribution is 5.96. The Balaban J connectivity index is 2.44. The van der Waals surface area contributed by atoms with Gasteiger partial charge in [0.15, 0.2) is 0 Å². The molecule has 0 atom stereocenters. The van der Waals surface area contributed by atoms with Crippen LogP contribution in [0.3, 0.4) is 0 Å². The molecule has 0 N–H and O–H groups in total. The largest absolute Gasteiger partial charge is 0.332 e. The molecule has 1 aliphatic carbocycles. The molecule has 7 heteroatoms. The maximum absolute atomic E-state index is 14.0. The van der Waals surface area contributed by atoms with Crippen LogP contribution in [-0.2, 0) is 0 Å². The zero-order chi connectivity index (χ0) is 14.9. The number of halogens is 2. The Bertz CT molecular complexity index is 585. The van der Waals surface area contributed by atoms with Crippen molar-refractivity contribution >= 4 is 11.6 Å². The minimum Gasteiger partial charge on any atom is -0.332 e. The maximum atomic E-state index is 14.0. The van der Waals surface area contributed by atoms with Gasteiger partial charge in [-0.15, -0.1) is 6.58 Å². The number of hydrogen-bond acceptors (Lipinski definition) is 3. The highest BCUT2D eigenvalue weighted by atomic mass is 19.1. The van der Waals surface area contributed by atoms with Crippen molar-refractivity contribution in [3.63, 3.8) is 0 Å². The smallest absolute Gasteiger partial charge is 0.305 e. The van der Waals surface area contributed by atoms with Crippen molar-refractivity contribution in [1.82, 2.24) is 4.90 Å². The molecule has 0 unspecified atom stereocenters. The van der Waals surface area contributed by atoms with Crippen molar-refractivity contribution in [2.45, 2.75) is 18.9 Å². The number of carbonyl (C=O) groups excluding carboxylic acids is 1. The molecule has 1 saturated carbocycles. The third-order valence-corrected chi connectivity index (χ3v) is 3.06. The number of rotatable bonds is 5. The lowest BCUT2D eigenvalue weighted by Crippen LogP contribution is -2.34. The molecule has 0 heterocycles. The number of benzene rings is 1. The first kappa shape index (κ1) is 14.1. The van der Waals surface area contributed by atoms with E-state index in [0.717, 1.165) is 18.9 Å². The fourth-order valence-electron chi connectivity index (χ4n) is 1.95. The summed E-state index contributed by atoms with van der Waals surface area (Å²) in [5.41, 5.74) is -1.79. The Morgan fingerprint density at radius 3 is 2.65 bits per heavy atom. The van der Waals surface area contributed by atoms with Crippen LogP contribution in [0, 0.1) is 21.7 Å². The summed E-state index contributed by atoms with van der Waals surface area (Å²) in [6.45, 7) is 3.63. The van der Waals surface area contributed by atoms with E-state index in [0.29, 0.717) is 6.07 Å². The second-order valence-electron chi connectivity index (χ2n) is 4.49. The Morgan fingerprint density at radius 1 is 1.50 bits per heavy atom. The fourth-order valence-corrected chi connectivity index (χ4v) is 1.95. The van der Waals surface area contributed by atoms with Crippen molar-refractivity contribution in [2.75, 3.05) is 6.54 Å². The van der Waals surface area contributed by atoms with Gasteiger partial charge in [0.1, 0.15) is 11.4 Å². The standard InChI is InChI=1S/C13H12F2N2O3/c1-2-7-16(8-3-4-8)13(18)11-9(14)5-6-10(12(11)15)17(19)20/h2,5-6,8H,1,3-4,7H2.